The highest BCUT2D eigenvalue weighted by Gasteiger charge is 2.48. The lowest BCUT2D eigenvalue weighted by molar-refractivity contribution is 0.776. The highest BCUT2D eigenvalue weighted by Crippen LogP contribution is 2.58. The van der Waals surface area contributed by atoms with Crippen LogP contribution in [0.5, 0.6) is 0 Å². The number of H-pyrrole nitrogens is 1. The number of hydrogen-bond acceptors (Lipinski definition) is 0. The Morgan fingerprint density at radius 2 is 1.12 bits per heavy atom. The average Bonchev–Trinajstić information content (AvgIpc) is 3.39. The van der Waals surface area contributed by atoms with E-state index in [1.165, 1.54) is 55.2 Å². The van der Waals surface area contributed by atoms with E-state index in [2.05, 4.69) is 126 Å². The molecule has 0 fully saturated rings. The normalized spacial score (nSPS) is 13.9. The van der Waals surface area contributed by atoms with Crippen LogP contribution in [0.1, 0.15) is 22.3 Å². The van der Waals surface area contributed by atoms with Gasteiger partial charge in [-0.25, -0.2) is 0 Å². The van der Waals surface area contributed by atoms with Gasteiger partial charge in [-0.3, -0.25) is 0 Å². The van der Waals surface area contributed by atoms with Gasteiger partial charge in [-0.15, -0.1) is 0 Å². The Morgan fingerprint density at radius 3 is 1.88 bits per heavy atom. The summed E-state index contributed by atoms with van der Waals surface area (Å²) in [7, 11) is 0. The first-order chi connectivity index (χ1) is 15.9. The minimum atomic E-state index is -0.366. The van der Waals surface area contributed by atoms with Crippen molar-refractivity contribution in [2.24, 2.45) is 0 Å². The number of nitrogens with one attached hydrogen (secondary N) is 1. The van der Waals surface area contributed by atoms with Crippen LogP contribution >= 0.6 is 0 Å². The van der Waals surface area contributed by atoms with E-state index in [1.54, 1.807) is 0 Å². The summed E-state index contributed by atoms with van der Waals surface area (Å²) >= 11 is 0. The fourth-order valence-electron chi connectivity index (χ4n) is 5.83. The SMILES string of the molecule is c1ccc(C2(c3ccccc3)c3ccccc3-c3[nH]c4c(ccc5ccccc54)c32)cc1. The van der Waals surface area contributed by atoms with Crippen molar-refractivity contribution >= 4 is 21.7 Å². The third kappa shape index (κ3) is 2.13. The first-order valence-electron chi connectivity index (χ1n) is 11.1. The molecule has 1 aromatic heterocycles. The van der Waals surface area contributed by atoms with Crippen LogP contribution in [-0.2, 0) is 5.41 Å². The molecule has 0 unspecified atom stereocenters. The summed E-state index contributed by atoms with van der Waals surface area (Å²) in [5, 5.41) is 3.83. The van der Waals surface area contributed by atoms with Crippen molar-refractivity contribution in [3.05, 3.63) is 144 Å². The molecule has 0 bridgehead atoms. The Bertz CT molecular complexity index is 1570. The maximum atomic E-state index is 3.87. The van der Waals surface area contributed by atoms with Crippen LogP contribution in [-0.4, -0.2) is 4.98 Å². The molecule has 1 nitrogen and oxygen atoms in total. The Hall–Kier alpha value is -4.10. The van der Waals surface area contributed by atoms with Crippen molar-refractivity contribution in [2.45, 2.75) is 5.41 Å². The highest BCUT2D eigenvalue weighted by atomic mass is 14.8. The van der Waals surface area contributed by atoms with Crippen LogP contribution in [0, 0.1) is 0 Å². The minimum Gasteiger partial charge on any atom is -0.354 e. The van der Waals surface area contributed by atoms with Crippen LogP contribution < -0.4 is 0 Å². The number of aromatic nitrogens is 1. The smallest absolute Gasteiger partial charge is 0.0735 e. The molecule has 0 atom stereocenters. The molecule has 0 spiro atoms. The second-order valence-corrected chi connectivity index (χ2v) is 8.61. The largest absolute Gasteiger partial charge is 0.354 e. The quantitative estimate of drug-likeness (QED) is 0.302. The zero-order valence-corrected chi connectivity index (χ0v) is 17.5. The van der Waals surface area contributed by atoms with Gasteiger partial charge in [0.1, 0.15) is 0 Å². The number of benzene rings is 5. The van der Waals surface area contributed by atoms with Crippen molar-refractivity contribution in [1.82, 2.24) is 4.98 Å². The molecular weight excluding hydrogens is 386 g/mol. The summed E-state index contributed by atoms with van der Waals surface area (Å²) in [4.78, 5) is 3.87. The Kier molecular flexibility index (Phi) is 3.54. The van der Waals surface area contributed by atoms with Crippen LogP contribution in [0.4, 0.5) is 0 Å². The summed E-state index contributed by atoms with van der Waals surface area (Å²) in [5.41, 5.74) is 8.67. The van der Waals surface area contributed by atoms with Crippen molar-refractivity contribution in [1.29, 1.82) is 0 Å². The molecule has 1 aliphatic carbocycles. The van der Waals surface area contributed by atoms with Crippen LogP contribution in [0.15, 0.2) is 121 Å². The summed E-state index contributed by atoms with van der Waals surface area (Å²) in [6.07, 6.45) is 0. The standard InChI is InChI=1S/C31H21N/c1-3-12-22(13-4-1)31(23-14-5-2-6-15-23)27-18-10-9-17-25(27)30-28(31)26-20-19-21-11-7-8-16-24(21)29(26)32-30/h1-20,32H. The third-order valence-corrected chi connectivity index (χ3v) is 7.09. The highest BCUT2D eigenvalue weighted by molar-refractivity contribution is 6.11. The Morgan fingerprint density at radius 1 is 0.500 bits per heavy atom. The molecule has 150 valence electrons. The van der Waals surface area contributed by atoms with Gasteiger partial charge < -0.3 is 4.98 Å². The van der Waals surface area contributed by atoms with E-state index < -0.39 is 0 Å². The lowest BCUT2D eigenvalue weighted by Crippen LogP contribution is -2.28. The summed E-state index contributed by atoms with van der Waals surface area (Å²) < 4.78 is 0. The number of fused-ring (bicyclic) bond motifs is 7. The van der Waals surface area contributed by atoms with E-state index in [1.807, 2.05) is 0 Å². The molecule has 0 amide bonds. The number of rotatable bonds is 2. The molecule has 0 saturated carbocycles. The van der Waals surface area contributed by atoms with E-state index >= 15 is 0 Å². The second-order valence-electron chi connectivity index (χ2n) is 8.61. The number of hydrogen-bond donors (Lipinski definition) is 1. The predicted molar refractivity (Wildman–Crippen MR) is 133 cm³/mol. The zero-order valence-electron chi connectivity index (χ0n) is 17.5. The van der Waals surface area contributed by atoms with Gasteiger partial charge in [0, 0.05) is 21.9 Å². The van der Waals surface area contributed by atoms with Crippen molar-refractivity contribution < 1.29 is 0 Å². The molecule has 1 aliphatic rings. The van der Waals surface area contributed by atoms with Gasteiger partial charge in [-0.1, -0.05) is 121 Å². The predicted octanol–water partition coefficient (Wildman–Crippen LogP) is 7.68. The molecule has 0 saturated heterocycles. The van der Waals surface area contributed by atoms with E-state index in [0.29, 0.717) is 0 Å². The van der Waals surface area contributed by atoms with E-state index in [-0.39, 0.29) is 5.41 Å². The first-order valence-corrected chi connectivity index (χ1v) is 11.1. The molecule has 0 aliphatic heterocycles. The minimum absolute atomic E-state index is 0.366. The molecule has 1 N–H and O–H groups in total. The molecule has 0 radical (unpaired) electrons. The molecule has 1 heteroatoms. The van der Waals surface area contributed by atoms with Gasteiger partial charge in [0.25, 0.3) is 0 Å². The first kappa shape index (κ1) is 17.6. The number of aromatic amines is 1. The molecule has 6 aromatic rings. The lowest BCUT2D eigenvalue weighted by Gasteiger charge is -2.33. The van der Waals surface area contributed by atoms with Gasteiger partial charge in [0.15, 0.2) is 0 Å². The maximum Gasteiger partial charge on any atom is 0.0735 e. The second kappa shape index (κ2) is 6.45. The fraction of sp³-hybridized carbons (Fsp3) is 0.0323. The van der Waals surface area contributed by atoms with Gasteiger partial charge in [0.2, 0.25) is 0 Å². The van der Waals surface area contributed by atoms with Crippen LogP contribution in [0.2, 0.25) is 0 Å². The molecule has 7 rings (SSSR count). The van der Waals surface area contributed by atoms with E-state index in [9.17, 15) is 0 Å². The summed E-state index contributed by atoms with van der Waals surface area (Å²) in [5.74, 6) is 0. The maximum absolute atomic E-state index is 3.87. The van der Waals surface area contributed by atoms with Crippen LogP contribution in [0.25, 0.3) is 32.9 Å². The molecule has 32 heavy (non-hydrogen) atoms. The van der Waals surface area contributed by atoms with E-state index in [4.69, 9.17) is 0 Å². The molecule has 1 heterocycles. The zero-order chi connectivity index (χ0) is 21.1. The van der Waals surface area contributed by atoms with Crippen LogP contribution in [0.3, 0.4) is 0 Å². The van der Waals surface area contributed by atoms with Crippen molar-refractivity contribution in [2.75, 3.05) is 0 Å². The Labute approximate surface area is 187 Å². The van der Waals surface area contributed by atoms with Crippen molar-refractivity contribution in [3.63, 3.8) is 0 Å². The van der Waals surface area contributed by atoms with E-state index in [0.717, 1.165) is 0 Å². The van der Waals surface area contributed by atoms with Gasteiger partial charge in [-0.2, -0.15) is 0 Å². The van der Waals surface area contributed by atoms with Gasteiger partial charge >= 0.3 is 0 Å². The summed E-state index contributed by atoms with van der Waals surface area (Å²) in [6, 6.07) is 44.0. The molecule has 5 aromatic carbocycles. The topological polar surface area (TPSA) is 15.8 Å². The lowest BCUT2D eigenvalue weighted by atomic mass is 9.67. The monoisotopic (exact) mass is 407 g/mol. The third-order valence-electron chi connectivity index (χ3n) is 7.09. The molecular formula is C31H21N. The van der Waals surface area contributed by atoms with Gasteiger partial charge in [-0.05, 0) is 22.1 Å². The average molecular weight is 408 g/mol. The van der Waals surface area contributed by atoms with Gasteiger partial charge in [0.05, 0.1) is 16.6 Å². The summed E-state index contributed by atoms with van der Waals surface area (Å²) in [6.45, 7) is 0. The Balaban J connectivity index is 1.73. The van der Waals surface area contributed by atoms with Crippen molar-refractivity contribution in [3.8, 4) is 11.3 Å². The fourth-order valence-corrected chi connectivity index (χ4v) is 5.83.